The zero-order valence-corrected chi connectivity index (χ0v) is 10.4. The van der Waals surface area contributed by atoms with Crippen LogP contribution in [-0.2, 0) is 0 Å². The Kier molecular flexibility index (Phi) is 2.76. The molecule has 0 aliphatic heterocycles. The molecule has 3 rings (SSSR count). The van der Waals surface area contributed by atoms with Gasteiger partial charge in [0.15, 0.2) is 0 Å². The third kappa shape index (κ3) is 2.21. The summed E-state index contributed by atoms with van der Waals surface area (Å²) in [5, 5.41) is 10.3. The predicted octanol–water partition coefficient (Wildman–Crippen LogP) is 3.25. The number of furan rings is 1. The second-order valence-electron chi connectivity index (χ2n) is 4.42. The zero-order valence-electron chi connectivity index (χ0n) is 9.60. The largest absolute Gasteiger partial charge is 0.472 e. The number of aliphatic hydroxyl groups is 1. The lowest BCUT2D eigenvalue weighted by atomic mass is 9.91. The van der Waals surface area contributed by atoms with Gasteiger partial charge in [0, 0.05) is 30.5 Å². The van der Waals surface area contributed by atoms with E-state index >= 15 is 0 Å². The van der Waals surface area contributed by atoms with Crippen molar-refractivity contribution in [3.8, 4) is 17.0 Å². The topological polar surface area (TPSA) is 55.5 Å². The summed E-state index contributed by atoms with van der Waals surface area (Å²) in [6.07, 6.45) is 5.42. The van der Waals surface area contributed by atoms with Gasteiger partial charge in [0.25, 0.3) is 0 Å². The lowest BCUT2D eigenvalue weighted by Gasteiger charge is -2.36. The fourth-order valence-electron chi connectivity index (χ4n) is 1.89. The summed E-state index contributed by atoms with van der Waals surface area (Å²) in [4.78, 5) is 4.19. The van der Waals surface area contributed by atoms with Gasteiger partial charge in [-0.15, -0.1) is 0 Å². The molecule has 94 valence electrons. The summed E-state index contributed by atoms with van der Waals surface area (Å²) in [6.45, 7) is 0. The summed E-state index contributed by atoms with van der Waals surface area (Å²) in [5.41, 5.74) is 1.48. The third-order valence-corrected chi connectivity index (χ3v) is 3.22. The SMILES string of the molecule is OC1(Oc2cc(Cl)nc(-c3ccoc3)c2)CCC1. The Morgan fingerprint density at radius 1 is 1.39 bits per heavy atom. The van der Waals surface area contributed by atoms with E-state index in [-0.39, 0.29) is 0 Å². The quantitative estimate of drug-likeness (QED) is 0.684. The van der Waals surface area contributed by atoms with Crippen molar-refractivity contribution in [2.24, 2.45) is 0 Å². The molecule has 5 heteroatoms. The maximum atomic E-state index is 9.97. The number of hydrogen-bond donors (Lipinski definition) is 1. The minimum Gasteiger partial charge on any atom is -0.472 e. The van der Waals surface area contributed by atoms with E-state index in [9.17, 15) is 5.11 Å². The average molecular weight is 266 g/mol. The van der Waals surface area contributed by atoms with Crippen molar-refractivity contribution >= 4 is 11.6 Å². The van der Waals surface area contributed by atoms with E-state index in [1.165, 1.54) is 0 Å². The standard InChI is InChI=1S/C13H12ClNO3/c14-12-7-10(18-13(16)3-1-4-13)6-11(15-12)9-2-5-17-8-9/h2,5-8,16H,1,3-4H2. The van der Waals surface area contributed by atoms with E-state index < -0.39 is 5.79 Å². The van der Waals surface area contributed by atoms with Crippen LogP contribution in [0.3, 0.4) is 0 Å². The third-order valence-electron chi connectivity index (χ3n) is 3.03. The molecule has 1 fully saturated rings. The number of nitrogens with zero attached hydrogens (tertiary/aromatic N) is 1. The predicted molar refractivity (Wildman–Crippen MR) is 66.4 cm³/mol. The summed E-state index contributed by atoms with van der Waals surface area (Å²) in [5.74, 6) is -0.522. The first-order valence-electron chi connectivity index (χ1n) is 5.76. The molecule has 1 aliphatic rings. The first-order chi connectivity index (χ1) is 8.65. The van der Waals surface area contributed by atoms with Crippen LogP contribution in [0.25, 0.3) is 11.3 Å². The van der Waals surface area contributed by atoms with Gasteiger partial charge in [0.2, 0.25) is 5.79 Å². The highest BCUT2D eigenvalue weighted by atomic mass is 35.5. The highest BCUT2D eigenvalue weighted by Gasteiger charge is 2.37. The normalized spacial score (nSPS) is 17.2. The van der Waals surface area contributed by atoms with Crippen LogP contribution in [0, 0.1) is 0 Å². The van der Waals surface area contributed by atoms with Crippen molar-refractivity contribution < 1.29 is 14.3 Å². The van der Waals surface area contributed by atoms with E-state index in [0.717, 1.165) is 12.0 Å². The van der Waals surface area contributed by atoms with Gasteiger partial charge in [0.05, 0.1) is 18.2 Å². The molecule has 1 N–H and O–H groups in total. The second kappa shape index (κ2) is 4.30. The first kappa shape index (κ1) is 11.6. The highest BCUT2D eigenvalue weighted by Crippen LogP contribution is 2.35. The van der Waals surface area contributed by atoms with Crippen molar-refractivity contribution in [2.45, 2.75) is 25.0 Å². The molecule has 0 atom stereocenters. The van der Waals surface area contributed by atoms with E-state index in [2.05, 4.69) is 4.98 Å². The molecule has 0 spiro atoms. The molecule has 2 aromatic heterocycles. The molecule has 0 aromatic carbocycles. The van der Waals surface area contributed by atoms with Crippen LogP contribution in [0.15, 0.2) is 35.1 Å². The van der Waals surface area contributed by atoms with Gasteiger partial charge >= 0.3 is 0 Å². The molecule has 1 saturated carbocycles. The van der Waals surface area contributed by atoms with Gasteiger partial charge in [0.1, 0.15) is 10.9 Å². The van der Waals surface area contributed by atoms with Crippen molar-refractivity contribution in [1.82, 2.24) is 4.98 Å². The molecular formula is C13H12ClNO3. The Bertz CT molecular complexity index is 549. The van der Waals surface area contributed by atoms with Gasteiger partial charge < -0.3 is 14.3 Å². The lowest BCUT2D eigenvalue weighted by Crippen LogP contribution is -2.42. The van der Waals surface area contributed by atoms with Crippen molar-refractivity contribution in [1.29, 1.82) is 0 Å². The molecule has 18 heavy (non-hydrogen) atoms. The van der Waals surface area contributed by atoms with E-state index in [0.29, 0.717) is 29.4 Å². The zero-order chi connectivity index (χ0) is 12.6. The summed E-state index contributed by atoms with van der Waals surface area (Å²) in [7, 11) is 0. The lowest BCUT2D eigenvalue weighted by molar-refractivity contribution is -0.189. The Morgan fingerprint density at radius 3 is 2.83 bits per heavy atom. The Labute approximate surface area is 109 Å². The average Bonchev–Trinajstić information content (AvgIpc) is 2.79. The van der Waals surface area contributed by atoms with Crippen LogP contribution < -0.4 is 4.74 Å². The van der Waals surface area contributed by atoms with Crippen LogP contribution in [-0.4, -0.2) is 15.9 Å². The van der Waals surface area contributed by atoms with E-state index in [4.69, 9.17) is 20.8 Å². The molecular weight excluding hydrogens is 254 g/mol. The van der Waals surface area contributed by atoms with Gasteiger partial charge in [-0.05, 0) is 12.5 Å². The highest BCUT2D eigenvalue weighted by molar-refractivity contribution is 6.29. The molecule has 2 aromatic rings. The Balaban J connectivity index is 1.91. The van der Waals surface area contributed by atoms with Crippen LogP contribution in [0.2, 0.25) is 5.15 Å². The van der Waals surface area contributed by atoms with Crippen LogP contribution in [0.1, 0.15) is 19.3 Å². The van der Waals surface area contributed by atoms with Gasteiger partial charge in [-0.1, -0.05) is 11.6 Å². The maximum absolute atomic E-state index is 9.97. The van der Waals surface area contributed by atoms with Gasteiger partial charge in [-0.3, -0.25) is 0 Å². The molecule has 0 radical (unpaired) electrons. The van der Waals surface area contributed by atoms with E-state index in [1.807, 2.05) is 0 Å². The second-order valence-corrected chi connectivity index (χ2v) is 4.81. The maximum Gasteiger partial charge on any atom is 0.208 e. The number of halogens is 1. The summed E-state index contributed by atoms with van der Waals surface area (Å²) >= 11 is 5.95. The van der Waals surface area contributed by atoms with Gasteiger partial charge in [-0.2, -0.15) is 0 Å². The fraction of sp³-hybridized carbons (Fsp3) is 0.308. The van der Waals surface area contributed by atoms with Crippen molar-refractivity contribution in [3.63, 3.8) is 0 Å². The molecule has 1 aliphatic carbocycles. The monoisotopic (exact) mass is 265 g/mol. The van der Waals surface area contributed by atoms with Crippen molar-refractivity contribution in [3.05, 3.63) is 35.9 Å². The van der Waals surface area contributed by atoms with Gasteiger partial charge in [-0.25, -0.2) is 4.98 Å². The van der Waals surface area contributed by atoms with Crippen LogP contribution in [0.4, 0.5) is 0 Å². The minimum absolute atomic E-state index is 0.326. The smallest absolute Gasteiger partial charge is 0.208 e. The Hall–Kier alpha value is -1.52. The minimum atomic E-state index is -1.04. The molecule has 0 bridgehead atoms. The molecule has 2 heterocycles. The molecule has 0 unspecified atom stereocenters. The molecule has 0 saturated heterocycles. The number of hydrogen-bond acceptors (Lipinski definition) is 4. The number of pyridine rings is 1. The summed E-state index contributed by atoms with van der Waals surface area (Å²) < 4.78 is 10.6. The molecule has 4 nitrogen and oxygen atoms in total. The first-order valence-corrected chi connectivity index (χ1v) is 6.14. The number of ether oxygens (including phenoxy) is 1. The van der Waals surface area contributed by atoms with Crippen LogP contribution >= 0.6 is 11.6 Å². The number of aromatic nitrogens is 1. The Morgan fingerprint density at radius 2 is 2.22 bits per heavy atom. The molecule has 0 amide bonds. The van der Waals surface area contributed by atoms with Crippen LogP contribution in [0.5, 0.6) is 5.75 Å². The fourth-order valence-corrected chi connectivity index (χ4v) is 2.09. The van der Waals surface area contributed by atoms with E-state index in [1.54, 1.807) is 30.7 Å². The number of rotatable bonds is 3. The van der Waals surface area contributed by atoms with Crippen molar-refractivity contribution in [2.75, 3.05) is 0 Å². The summed E-state index contributed by atoms with van der Waals surface area (Å²) in [6, 6.07) is 5.13.